The van der Waals surface area contributed by atoms with Crippen molar-refractivity contribution in [3.8, 4) is 12.0 Å². The first kappa shape index (κ1) is 12.8. The van der Waals surface area contributed by atoms with Crippen LogP contribution < -0.4 is 14.8 Å². The second-order valence-corrected chi connectivity index (χ2v) is 3.88. The number of rotatable bonds is 7. The van der Waals surface area contributed by atoms with Crippen molar-refractivity contribution in [1.82, 2.24) is 15.0 Å². The van der Waals surface area contributed by atoms with Gasteiger partial charge in [-0.05, 0) is 13.3 Å². The zero-order valence-corrected chi connectivity index (χ0v) is 10.7. The summed E-state index contributed by atoms with van der Waals surface area (Å²) in [5.74, 6) is 0.467. The third kappa shape index (κ3) is 3.43. The zero-order valence-electron chi connectivity index (χ0n) is 10.7. The van der Waals surface area contributed by atoms with Crippen molar-refractivity contribution >= 4 is 5.95 Å². The Labute approximate surface area is 106 Å². The lowest BCUT2D eigenvalue weighted by molar-refractivity contribution is -0.0833. The molecule has 1 aliphatic rings. The molecule has 1 saturated heterocycles. The molecule has 1 N–H and O–H groups in total. The van der Waals surface area contributed by atoms with Gasteiger partial charge in [-0.3, -0.25) is 0 Å². The van der Waals surface area contributed by atoms with Crippen LogP contribution in [0.4, 0.5) is 5.95 Å². The summed E-state index contributed by atoms with van der Waals surface area (Å²) in [7, 11) is 0. The van der Waals surface area contributed by atoms with Crippen molar-refractivity contribution < 1.29 is 14.2 Å². The minimum absolute atomic E-state index is 0.0286. The normalized spacial score (nSPS) is 15.0. The highest BCUT2D eigenvalue weighted by atomic mass is 16.6. The third-order valence-corrected chi connectivity index (χ3v) is 2.24. The van der Waals surface area contributed by atoms with Crippen LogP contribution in [-0.4, -0.2) is 47.4 Å². The van der Waals surface area contributed by atoms with Crippen molar-refractivity contribution in [3.05, 3.63) is 0 Å². The van der Waals surface area contributed by atoms with Gasteiger partial charge in [-0.1, -0.05) is 6.92 Å². The number of nitrogens with zero attached hydrogens (tertiary/aromatic N) is 3. The molecule has 0 radical (unpaired) electrons. The first-order valence-corrected chi connectivity index (χ1v) is 6.19. The summed E-state index contributed by atoms with van der Waals surface area (Å²) in [5, 5.41) is 3.02. The molecule has 1 aliphatic heterocycles. The number of hydrogen-bond acceptors (Lipinski definition) is 7. The van der Waals surface area contributed by atoms with E-state index in [1.165, 1.54) is 0 Å². The van der Waals surface area contributed by atoms with Crippen LogP contribution in [-0.2, 0) is 4.74 Å². The van der Waals surface area contributed by atoms with Crippen LogP contribution in [0.15, 0.2) is 0 Å². The largest absolute Gasteiger partial charge is 0.463 e. The number of anilines is 1. The van der Waals surface area contributed by atoms with E-state index in [0.29, 0.717) is 25.8 Å². The maximum absolute atomic E-state index is 5.55. The van der Waals surface area contributed by atoms with E-state index in [0.717, 1.165) is 13.0 Å². The molecule has 2 heterocycles. The minimum Gasteiger partial charge on any atom is -0.463 e. The molecule has 1 fully saturated rings. The molecule has 0 spiro atoms. The quantitative estimate of drug-likeness (QED) is 0.773. The van der Waals surface area contributed by atoms with E-state index >= 15 is 0 Å². The van der Waals surface area contributed by atoms with Gasteiger partial charge in [-0.15, -0.1) is 4.98 Å². The Morgan fingerprint density at radius 2 is 2.00 bits per heavy atom. The number of ether oxygens (including phenoxy) is 3. The van der Waals surface area contributed by atoms with Crippen LogP contribution in [0.25, 0.3) is 0 Å². The molecule has 1 aromatic rings. The zero-order chi connectivity index (χ0) is 12.8. The van der Waals surface area contributed by atoms with Crippen LogP contribution in [0.1, 0.15) is 20.3 Å². The molecular weight excluding hydrogens is 236 g/mol. The highest BCUT2D eigenvalue weighted by molar-refractivity contribution is 5.27. The van der Waals surface area contributed by atoms with E-state index < -0.39 is 0 Å². The molecule has 0 aliphatic carbocycles. The molecule has 0 unspecified atom stereocenters. The molecule has 2 rings (SSSR count). The van der Waals surface area contributed by atoms with Crippen molar-refractivity contribution in [2.24, 2.45) is 0 Å². The Bertz CT molecular complexity index is 385. The summed E-state index contributed by atoms with van der Waals surface area (Å²) in [6.45, 7) is 6.44. The number of hydrogen-bond donors (Lipinski definition) is 1. The van der Waals surface area contributed by atoms with Gasteiger partial charge in [0.1, 0.15) is 6.10 Å². The maximum Gasteiger partial charge on any atom is 0.324 e. The van der Waals surface area contributed by atoms with Crippen molar-refractivity contribution in [2.45, 2.75) is 26.4 Å². The predicted octanol–water partition coefficient (Wildman–Crippen LogP) is 0.870. The first-order valence-electron chi connectivity index (χ1n) is 6.19. The van der Waals surface area contributed by atoms with Gasteiger partial charge in [0.15, 0.2) is 0 Å². The average molecular weight is 254 g/mol. The lowest BCUT2D eigenvalue weighted by Crippen LogP contribution is -2.39. The Kier molecular flexibility index (Phi) is 4.52. The Hall–Kier alpha value is -1.63. The van der Waals surface area contributed by atoms with Crippen LogP contribution in [0, 0.1) is 0 Å². The van der Waals surface area contributed by atoms with E-state index in [-0.39, 0.29) is 18.1 Å². The average Bonchev–Trinajstić information content (AvgIpc) is 2.32. The third-order valence-electron chi connectivity index (χ3n) is 2.24. The fraction of sp³-hybridized carbons (Fsp3) is 0.727. The summed E-state index contributed by atoms with van der Waals surface area (Å²) in [6, 6.07) is 0.568. The molecule has 7 nitrogen and oxygen atoms in total. The molecule has 0 bridgehead atoms. The van der Waals surface area contributed by atoms with E-state index in [2.05, 4.69) is 20.3 Å². The predicted molar refractivity (Wildman–Crippen MR) is 65.0 cm³/mol. The molecule has 0 aromatic carbocycles. The molecule has 0 atom stereocenters. The number of aromatic nitrogens is 3. The molecule has 7 heteroatoms. The molecular formula is C11H18N4O3. The highest BCUT2D eigenvalue weighted by Gasteiger charge is 2.22. The summed E-state index contributed by atoms with van der Waals surface area (Å²) in [5.41, 5.74) is 0. The standard InChI is InChI=1S/C11H18N4O3/c1-3-5-17-10-13-9(12-4-2)14-11(15-10)18-8-6-16-7-8/h8H,3-7H2,1-2H3,(H,12,13,14,15). The fourth-order valence-corrected chi connectivity index (χ4v) is 1.32. The topological polar surface area (TPSA) is 78.4 Å². The van der Waals surface area contributed by atoms with Crippen LogP contribution in [0.3, 0.4) is 0 Å². The van der Waals surface area contributed by atoms with Gasteiger partial charge in [0.25, 0.3) is 0 Å². The summed E-state index contributed by atoms with van der Waals surface area (Å²) in [6.07, 6.45) is 0.926. The van der Waals surface area contributed by atoms with Crippen molar-refractivity contribution in [3.63, 3.8) is 0 Å². The summed E-state index contributed by atoms with van der Waals surface area (Å²) < 4.78 is 16.0. The van der Waals surface area contributed by atoms with Gasteiger partial charge in [0, 0.05) is 6.54 Å². The van der Waals surface area contributed by atoms with Gasteiger partial charge in [-0.25, -0.2) is 0 Å². The Balaban J connectivity index is 2.07. The highest BCUT2D eigenvalue weighted by Crippen LogP contribution is 2.16. The van der Waals surface area contributed by atoms with Crippen LogP contribution >= 0.6 is 0 Å². The van der Waals surface area contributed by atoms with Gasteiger partial charge < -0.3 is 19.5 Å². The van der Waals surface area contributed by atoms with Gasteiger partial charge in [0.2, 0.25) is 5.95 Å². The Morgan fingerprint density at radius 1 is 1.22 bits per heavy atom. The van der Waals surface area contributed by atoms with Crippen molar-refractivity contribution in [2.75, 3.05) is 31.7 Å². The van der Waals surface area contributed by atoms with E-state index in [4.69, 9.17) is 14.2 Å². The second-order valence-electron chi connectivity index (χ2n) is 3.88. The first-order chi connectivity index (χ1) is 8.81. The summed E-state index contributed by atoms with van der Waals surface area (Å²) >= 11 is 0. The fourth-order valence-electron chi connectivity index (χ4n) is 1.32. The van der Waals surface area contributed by atoms with Crippen LogP contribution in [0.2, 0.25) is 0 Å². The van der Waals surface area contributed by atoms with Gasteiger partial charge >= 0.3 is 12.0 Å². The molecule has 100 valence electrons. The maximum atomic E-state index is 5.55. The lowest BCUT2D eigenvalue weighted by Gasteiger charge is -2.25. The minimum atomic E-state index is 0.0286. The molecule has 0 amide bonds. The van der Waals surface area contributed by atoms with Gasteiger partial charge in [-0.2, -0.15) is 9.97 Å². The SMILES string of the molecule is CCCOc1nc(NCC)nc(OC2COC2)n1. The smallest absolute Gasteiger partial charge is 0.324 e. The van der Waals surface area contributed by atoms with Gasteiger partial charge in [0.05, 0.1) is 19.8 Å². The molecule has 18 heavy (non-hydrogen) atoms. The summed E-state index contributed by atoms with van der Waals surface area (Å²) in [4.78, 5) is 12.4. The Morgan fingerprint density at radius 3 is 2.61 bits per heavy atom. The second kappa shape index (κ2) is 6.34. The monoisotopic (exact) mass is 254 g/mol. The van der Waals surface area contributed by atoms with E-state index in [1.54, 1.807) is 0 Å². The number of nitrogens with one attached hydrogen (secondary N) is 1. The van der Waals surface area contributed by atoms with E-state index in [9.17, 15) is 0 Å². The van der Waals surface area contributed by atoms with Crippen molar-refractivity contribution in [1.29, 1.82) is 0 Å². The molecule has 1 aromatic heterocycles. The van der Waals surface area contributed by atoms with Crippen LogP contribution in [0.5, 0.6) is 12.0 Å². The lowest BCUT2D eigenvalue weighted by atomic mass is 10.3. The van der Waals surface area contributed by atoms with E-state index in [1.807, 2.05) is 13.8 Å². The molecule has 0 saturated carbocycles.